The molecule has 1 aromatic heterocycles. The van der Waals surface area contributed by atoms with Crippen molar-refractivity contribution in [3.63, 3.8) is 0 Å². The molecule has 25 heavy (non-hydrogen) atoms. The number of carbonyl (C=O) groups is 1. The summed E-state index contributed by atoms with van der Waals surface area (Å²) in [6.45, 7) is 4.35. The molecule has 0 atom stereocenters. The average molecular weight is 387 g/mol. The second-order valence-electron chi connectivity index (χ2n) is 6.62. The summed E-state index contributed by atoms with van der Waals surface area (Å²) >= 11 is 1.64. The lowest BCUT2D eigenvalue weighted by Gasteiger charge is -2.39. The van der Waals surface area contributed by atoms with Gasteiger partial charge in [0.15, 0.2) is 0 Å². The van der Waals surface area contributed by atoms with E-state index in [1.807, 2.05) is 18.5 Å². The Balaban J connectivity index is 1.48. The normalized spacial score (nSPS) is 21.6. The number of likely N-dealkylation sites (N-methyl/N-ethyl adjacent to an activating group) is 1. The molecule has 0 aliphatic carbocycles. The predicted octanol–water partition coefficient (Wildman–Crippen LogP) is 0.317. The maximum atomic E-state index is 12.7. The molecule has 0 unspecified atom stereocenters. The molecular weight excluding hydrogens is 360 g/mol. The van der Waals surface area contributed by atoms with E-state index in [2.05, 4.69) is 10.3 Å². The van der Waals surface area contributed by atoms with Crippen LogP contribution in [0.2, 0.25) is 0 Å². The fourth-order valence-electron chi connectivity index (χ4n) is 3.19. The van der Waals surface area contributed by atoms with Crippen molar-refractivity contribution in [2.45, 2.75) is 12.8 Å². The highest BCUT2D eigenvalue weighted by atomic mass is 32.2. The Kier molecular flexibility index (Phi) is 6.11. The van der Waals surface area contributed by atoms with Crippen molar-refractivity contribution < 1.29 is 13.2 Å². The minimum Gasteiger partial charge on any atom is -0.340 e. The van der Waals surface area contributed by atoms with Crippen LogP contribution in [0, 0.1) is 0 Å². The van der Waals surface area contributed by atoms with E-state index in [0.29, 0.717) is 45.7 Å². The van der Waals surface area contributed by atoms with Crippen molar-refractivity contribution in [3.05, 3.63) is 22.4 Å². The van der Waals surface area contributed by atoms with Crippen LogP contribution in [0.4, 0.5) is 0 Å². The van der Waals surface area contributed by atoms with Gasteiger partial charge < -0.3 is 9.80 Å². The number of thiophene rings is 1. The van der Waals surface area contributed by atoms with Gasteiger partial charge in [0.1, 0.15) is 0 Å². The lowest BCUT2D eigenvalue weighted by molar-refractivity contribution is -0.132. The summed E-state index contributed by atoms with van der Waals surface area (Å²) in [6, 6.07) is 2.04. The Morgan fingerprint density at radius 1 is 1.04 bits per heavy atom. The first-order valence-electron chi connectivity index (χ1n) is 8.69. The van der Waals surface area contributed by atoms with E-state index in [0.717, 1.165) is 19.5 Å². The van der Waals surface area contributed by atoms with Crippen LogP contribution < -0.4 is 0 Å². The zero-order chi connectivity index (χ0) is 17.9. The van der Waals surface area contributed by atoms with Crippen LogP contribution in [0.5, 0.6) is 0 Å². The zero-order valence-electron chi connectivity index (χ0n) is 14.6. The van der Waals surface area contributed by atoms with E-state index in [4.69, 9.17) is 0 Å². The molecule has 7 nitrogen and oxygen atoms in total. The number of piperazine rings is 2. The lowest BCUT2D eigenvalue weighted by atomic mass is 10.1. The highest BCUT2D eigenvalue weighted by molar-refractivity contribution is 7.86. The Hall–Kier alpha value is -1.00. The van der Waals surface area contributed by atoms with Crippen LogP contribution in [-0.2, 0) is 21.4 Å². The summed E-state index contributed by atoms with van der Waals surface area (Å²) in [5.41, 5.74) is 1.19. The summed E-state index contributed by atoms with van der Waals surface area (Å²) < 4.78 is 28.6. The SMILES string of the molecule is CN1CCN(S(=O)(=O)N2CCN(C(=O)CCc3ccsc3)CC2)CC1. The van der Waals surface area contributed by atoms with Crippen molar-refractivity contribution in [1.29, 1.82) is 0 Å². The van der Waals surface area contributed by atoms with Gasteiger partial charge in [0.2, 0.25) is 5.91 Å². The maximum Gasteiger partial charge on any atom is 0.282 e. The van der Waals surface area contributed by atoms with Gasteiger partial charge in [-0.2, -0.15) is 28.4 Å². The van der Waals surface area contributed by atoms with E-state index in [1.165, 1.54) is 9.87 Å². The lowest BCUT2D eigenvalue weighted by Crippen LogP contribution is -2.57. The highest BCUT2D eigenvalue weighted by Crippen LogP contribution is 2.16. The van der Waals surface area contributed by atoms with Crippen LogP contribution >= 0.6 is 11.3 Å². The zero-order valence-corrected chi connectivity index (χ0v) is 16.3. The van der Waals surface area contributed by atoms with Gasteiger partial charge in [0.05, 0.1) is 0 Å². The topological polar surface area (TPSA) is 64.2 Å². The third kappa shape index (κ3) is 4.59. The number of amides is 1. The predicted molar refractivity (Wildman–Crippen MR) is 98.8 cm³/mol. The Morgan fingerprint density at radius 2 is 1.64 bits per heavy atom. The molecule has 2 aliphatic rings. The van der Waals surface area contributed by atoms with E-state index in [9.17, 15) is 13.2 Å². The standard InChI is InChI=1S/C16H26N4O3S2/c1-17-5-9-19(10-6-17)25(22,23)20-11-7-18(8-12-20)16(21)3-2-15-4-13-24-14-15/h4,13-14H,2-3,5-12H2,1H3. The third-order valence-electron chi connectivity index (χ3n) is 4.91. The molecule has 1 amide bonds. The van der Waals surface area contributed by atoms with Crippen LogP contribution in [0.25, 0.3) is 0 Å². The molecule has 0 radical (unpaired) electrons. The highest BCUT2D eigenvalue weighted by Gasteiger charge is 2.34. The Morgan fingerprint density at radius 3 is 2.20 bits per heavy atom. The summed E-state index contributed by atoms with van der Waals surface area (Å²) in [5.74, 6) is 0.114. The van der Waals surface area contributed by atoms with Crippen molar-refractivity contribution in [2.24, 2.45) is 0 Å². The molecule has 3 heterocycles. The molecule has 2 saturated heterocycles. The van der Waals surface area contributed by atoms with Crippen molar-refractivity contribution in [2.75, 3.05) is 59.4 Å². The number of nitrogens with zero attached hydrogens (tertiary/aromatic N) is 4. The average Bonchev–Trinajstić information content (AvgIpc) is 3.14. The molecule has 0 spiro atoms. The smallest absolute Gasteiger partial charge is 0.282 e. The summed E-state index contributed by atoms with van der Waals surface area (Å²) in [5, 5.41) is 4.08. The summed E-state index contributed by atoms with van der Waals surface area (Å²) in [4.78, 5) is 16.3. The number of hydrogen-bond donors (Lipinski definition) is 0. The number of hydrogen-bond acceptors (Lipinski definition) is 5. The quantitative estimate of drug-likeness (QED) is 0.731. The van der Waals surface area contributed by atoms with E-state index >= 15 is 0 Å². The van der Waals surface area contributed by atoms with Crippen LogP contribution in [0.1, 0.15) is 12.0 Å². The van der Waals surface area contributed by atoms with Gasteiger partial charge in [0.25, 0.3) is 10.2 Å². The molecule has 0 N–H and O–H groups in total. The van der Waals surface area contributed by atoms with Crippen LogP contribution in [0.15, 0.2) is 16.8 Å². The molecule has 3 rings (SSSR count). The molecule has 0 saturated carbocycles. The fraction of sp³-hybridized carbons (Fsp3) is 0.688. The minimum absolute atomic E-state index is 0.114. The molecule has 2 fully saturated rings. The summed E-state index contributed by atoms with van der Waals surface area (Å²) in [6.07, 6.45) is 1.24. The molecule has 2 aliphatic heterocycles. The maximum absolute atomic E-state index is 12.7. The first-order chi connectivity index (χ1) is 12.0. The Labute approximate surface area is 154 Å². The number of rotatable bonds is 5. The van der Waals surface area contributed by atoms with Crippen molar-refractivity contribution >= 4 is 27.5 Å². The van der Waals surface area contributed by atoms with Crippen molar-refractivity contribution in [1.82, 2.24) is 18.4 Å². The largest absolute Gasteiger partial charge is 0.340 e. The van der Waals surface area contributed by atoms with Gasteiger partial charge in [-0.25, -0.2) is 0 Å². The van der Waals surface area contributed by atoms with Gasteiger partial charge >= 0.3 is 0 Å². The molecule has 1 aromatic rings. The van der Waals surface area contributed by atoms with E-state index < -0.39 is 10.2 Å². The van der Waals surface area contributed by atoms with Gasteiger partial charge in [0, 0.05) is 58.8 Å². The molecular formula is C16H26N4O3S2. The minimum atomic E-state index is -3.40. The second kappa shape index (κ2) is 8.13. The third-order valence-corrected chi connectivity index (χ3v) is 7.68. The molecule has 9 heteroatoms. The summed E-state index contributed by atoms with van der Waals surface area (Å²) in [7, 11) is -1.40. The molecule has 0 aromatic carbocycles. The molecule has 140 valence electrons. The van der Waals surface area contributed by atoms with Gasteiger partial charge in [-0.05, 0) is 35.9 Å². The van der Waals surface area contributed by atoms with E-state index in [1.54, 1.807) is 20.5 Å². The van der Waals surface area contributed by atoms with Crippen LogP contribution in [0.3, 0.4) is 0 Å². The Bertz CT molecular complexity index is 662. The van der Waals surface area contributed by atoms with Crippen LogP contribution in [-0.4, -0.2) is 92.1 Å². The first-order valence-corrected chi connectivity index (χ1v) is 11.0. The number of aryl methyl sites for hydroxylation is 1. The number of carbonyl (C=O) groups excluding carboxylic acids is 1. The van der Waals surface area contributed by atoms with Gasteiger partial charge in [-0.15, -0.1) is 0 Å². The van der Waals surface area contributed by atoms with Gasteiger partial charge in [-0.3, -0.25) is 4.79 Å². The monoisotopic (exact) mass is 386 g/mol. The first kappa shape index (κ1) is 18.8. The van der Waals surface area contributed by atoms with Crippen molar-refractivity contribution in [3.8, 4) is 0 Å². The molecule has 0 bridgehead atoms. The fourth-order valence-corrected chi connectivity index (χ4v) is 5.47. The van der Waals surface area contributed by atoms with Gasteiger partial charge in [-0.1, -0.05) is 0 Å². The second-order valence-corrected chi connectivity index (χ2v) is 9.33. The van der Waals surface area contributed by atoms with E-state index in [-0.39, 0.29) is 5.91 Å².